The van der Waals surface area contributed by atoms with Crippen molar-refractivity contribution in [3.63, 3.8) is 0 Å². The second kappa shape index (κ2) is 3.89. The molecule has 3 rings (SSSR count). The molecule has 17 heavy (non-hydrogen) atoms. The van der Waals surface area contributed by atoms with Crippen LogP contribution in [-0.2, 0) is 0 Å². The lowest BCUT2D eigenvalue weighted by molar-refractivity contribution is 0.198. The lowest BCUT2D eigenvalue weighted by atomic mass is 10.1. The van der Waals surface area contributed by atoms with Gasteiger partial charge < -0.3 is 15.1 Å². The quantitative estimate of drug-likeness (QED) is 0.779. The molecule has 1 aliphatic heterocycles. The highest BCUT2D eigenvalue weighted by atomic mass is 16.3. The van der Waals surface area contributed by atoms with Crippen LogP contribution in [0.2, 0.25) is 0 Å². The topological polar surface area (TPSA) is 56.6 Å². The minimum absolute atomic E-state index is 0.242. The van der Waals surface area contributed by atoms with Gasteiger partial charge in [-0.15, -0.1) is 0 Å². The predicted octanol–water partition coefficient (Wildman–Crippen LogP) is 1.51. The Morgan fingerprint density at radius 2 is 2.18 bits per heavy atom. The molecule has 4 nitrogen and oxygen atoms in total. The number of nitrogens with zero attached hydrogens (tertiary/aromatic N) is 2. The van der Waals surface area contributed by atoms with Gasteiger partial charge in [-0.1, -0.05) is 6.07 Å². The predicted molar refractivity (Wildman–Crippen MR) is 66.2 cm³/mol. The summed E-state index contributed by atoms with van der Waals surface area (Å²) in [4.78, 5) is 6.43. The summed E-state index contributed by atoms with van der Waals surface area (Å²) >= 11 is 0. The maximum absolute atomic E-state index is 9.57. The van der Waals surface area contributed by atoms with Gasteiger partial charge in [-0.25, -0.2) is 4.98 Å². The summed E-state index contributed by atoms with van der Waals surface area (Å²) in [5, 5.41) is 21.1. The van der Waals surface area contributed by atoms with Crippen molar-refractivity contribution < 1.29 is 10.2 Å². The average molecular weight is 230 g/mol. The number of β-amino-alcohol motifs (C(OH)–C–C–N with tert-alkyl or cyclic N) is 1. The molecule has 0 aliphatic carbocycles. The standard InChI is InChI=1S/C13H14N2O2/c16-10-2-1-9-3-5-14-13(12(9)7-10)15-6-4-11(17)8-15/h1-3,5,7,11,16-17H,4,6,8H2. The van der Waals surface area contributed by atoms with Crippen LogP contribution in [0.3, 0.4) is 0 Å². The Kier molecular flexibility index (Phi) is 2.37. The summed E-state index contributed by atoms with van der Waals surface area (Å²) in [6.45, 7) is 1.42. The van der Waals surface area contributed by atoms with E-state index in [-0.39, 0.29) is 11.9 Å². The highest BCUT2D eigenvalue weighted by Crippen LogP contribution is 2.29. The number of hydrogen-bond donors (Lipinski definition) is 2. The van der Waals surface area contributed by atoms with Crippen molar-refractivity contribution >= 4 is 16.6 Å². The van der Waals surface area contributed by atoms with Crippen LogP contribution in [0.4, 0.5) is 5.82 Å². The molecule has 4 heteroatoms. The van der Waals surface area contributed by atoms with E-state index in [2.05, 4.69) is 9.88 Å². The minimum Gasteiger partial charge on any atom is -0.508 e. The number of aromatic nitrogens is 1. The average Bonchev–Trinajstić information content (AvgIpc) is 2.75. The second-order valence-corrected chi connectivity index (χ2v) is 4.43. The SMILES string of the molecule is Oc1ccc2ccnc(N3CCC(O)C3)c2c1. The molecule has 2 heterocycles. The first kappa shape index (κ1) is 10.4. The Bertz CT molecular complexity index is 556. The molecule has 1 unspecified atom stereocenters. The summed E-state index contributed by atoms with van der Waals surface area (Å²) < 4.78 is 0. The third-order valence-electron chi connectivity index (χ3n) is 3.19. The third kappa shape index (κ3) is 1.80. The van der Waals surface area contributed by atoms with Gasteiger partial charge in [0.05, 0.1) is 6.10 Å². The van der Waals surface area contributed by atoms with E-state index in [0.29, 0.717) is 6.54 Å². The van der Waals surface area contributed by atoms with Gasteiger partial charge in [-0.3, -0.25) is 0 Å². The number of aromatic hydroxyl groups is 1. The summed E-state index contributed by atoms with van der Waals surface area (Å²) in [5.74, 6) is 1.08. The molecule has 2 N–H and O–H groups in total. The molecular formula is C13H14N2O2. The van der Waals surface area contributed by atoms with E-state index in [1.165, 1.54) is 0 Å². The van der Waals surface area contributed by atoms with Crippen molar-refractivity contribution in [2.24, 2.45) is 0 Å². The van der Waals surface area contributed by atoms with E-state index in [1.54, 1.807) is 18.3 Å². The second-order valence-electron chi connectivity index (χ2n) is 4.43. The van der Waals surface area contributed by atoms with Crippen LogP contribution in [0.15, 0.2) is 30.5 Å². The number of pyridine rings is 1. The highest BCUT2D eigenvalue weighted by Gasteiger charge is 2.22. The van der Waals surface area contributed by atoms with Crippen LogP contribution in [0, 0.1) is 0 Å². The van der Waals surface area contributed by atoms with Gasteiger partial charge in [0.15, 0.2) is 0 Å². The van der Waals surface area contributed by atoms with Gasteiger partial charge in [0.25, 0.3) is 0 Å². The van der Waals surface area contributed by atoms with E-state index >= 15 is 0 Å². The number of anilines is 1. The molecule has 88 valence electrons. The number of aliphatic hydroxyl groups excluding tert-OH is 1. The maximum atomic E-state index is 9.57. The number of hydrogen-bond acceptors (Lipinski definition) is 4. The Morgan fingerprint density at radius 3 is 2.94 bits per heavy atom. The molecule has 1 aromatic carbocycles. The van der Waals surface area contributed by atoms with Gasteiger partial charge in [0, 0.05) is 24.7 Å². The molecule has 1 fully saturated rings. The zero-order chi connectivity index (χ0) is 11.8. The monoisotopic (exact) mass is 230 g/mol. The van der Waals surface area contributed by atoms with Crippen molar-refractivity contribution in [3.8, 4) is 5.75 Å². The molecule has 0 amide bonds. The van der Waals surface area contributed by atoms with Crippen LogP contribution in [0.25, 0.3) is 10.8 Å². The molecule has 1 aliphatic rings. The first-order chi connectivity index (χ1) is 8.24. The lowest BCUT2D eigenvalue weighted by Crippen LogP contribution is -2.22. The first-order valence-electron chi connectivity index (χ1n) is 5.75. The maximum Gasteiger partial charge on any atom is 0.136 e. The van der Waals surface area contributed by atoms with Crippen LogP contribution in [0.5, 0.6) is 5.75 Å². The fourth-order valence-electron chi connectivity index (χ4n) is 2.33. The minimum atomic E-state index is -0.274. The molecular weight excluding hydrogens is 216 g/mol. The highest BCUT2D eigenvalue weighted by molar-refractivity contribution is 5.93. The van der Waals surface area contributed by atoms with Crippen molar-refractivity contribution in [1.29, 1.82) is 0 Å². The van der Waals surface area contributed by atoms with Gasteiger partial charge in [0.2, 0.25) is 0 Å². The summed E-state index contributed by atoms with van der Waals surface area (Å²) in [5.41, 5.74) is 0. The van der Waals surface area contributed by atoms with E-state index in [0.717, 1.165) is 29.6 Å². The summed E-state index contributed by atoms with van der Waals surface area (Å²) in [6, 6.07) is 7.19. The molecule has 0 radical (unpaired) electrons. The van der Waals surface area contributed by atoms with Gasteiger partial charge in [-0.2, -0.15) is 0 Å². The molecule has 1 aromatic heterocycles. The van der Waals surface area contributed by atoms with E-state index in [9.17, 15) is 10.2 Å². The zero-order valence-corrected chi connectivity index (χ0v) is 9.37. The normalized spacial score (nSPS) is 20.1. The zero-order valence-electron chi connectivity index (χ0n) is 9.37. The lowest BCUT2D eigenvalue weighted by Gasteiger charge is -2.18. The molecule has 0 spiro atoms. The molecule has 1 saturated heterocycles. The molecule has 1 atom stereocenters. The van der Waals surface area contributed by atoms with E-state index in [1.807, 2.05) is 12.1 Å². The van der Waals surface area contributed by atoms with Gasteiger partial charge in [-0.05, 0) is 30.0 Å². The van der Waals surface area contributed by atoms with Crippen molar-refractivity contribution in [2.75, 3.05) is 18.0 Å². The third-order valence-corrected chi connectivity index (χ3v) is 3.19. The van der Waals surface area contributed by atoms with E-state index < -0.39 is 0 Å². The molecule has 2 aromatic rings. The van der Waals surface area contributed by atoms with Crippen molar-refractivity contribution in [1.82, 2.24) is 4.98 Å². The Hall–Kier alpha value is -1.81. The summed E-state index contributed by atoms with van der Waals surface area (Å²) in [6.07, 6.45) is 2.26. The van der Waals surface area contributed by atoms with Gasteiger partial charge in [0.1, 0.15) is 11.6 Å². The van der Waals surface area contributed by atoms with E-state index in [4.69, 9.17) is 0 Å². The number of rotatable bonds is 1. The van der Waals surface area contributed by atoms with Crippen LogP contribution in [0.1, 0.15) is 6.42 Å². The largest absolute Gasteiger partial charge is 0.508 e. The molecule has 0 saturated carbocycles. The summed E-state index contributed by atoms with van der Waals surface area (Å²) in [7, 11) is 0. The Balaban J connectivity index is 2.12. The molecule has 0 bridgehead atoms. The van der Waals surface area contributed by atoms with Crippen molar-refractivity contribution in [2.45, 2.75) is 12.5 Å². The smallest absolute Gasteiger partial charge is 0.136 e. The van der Waals surface area contributed by atoms with Crippen LogP contribution < -0.4 is 4.90 Å². The Morgan fingerprint density at radius 1 is 1.29 bits per heavy atom. The van der Waals surface area contributed by atoms with Gasteiger partial charge >= 0.3 is 0 Å². The number of phenolic OH excluding ortho intramolecular Hbond substituents is 1. The van der Waals surface area contributed by atoms with Crippen LogP contribution in [-0.4, -0.2) is 34.4 Å². The first-order valence-corrected chi connectivity index (χ1v) is 5.75. The number of phenols is 1. The van der Waals surface area contributed by atoms with Crippen molar-refractivity contribution in [3.05, 3.63) is 30.5 Å². The number of benzene rings is 1. The Labute approximate surface area is 99.1 Å². The van der Waals surface area contributed by atoms with Crippen LogP contribution >= 0.6 is 0 Å². The number of aliphatic hydroxyl groups is 1. The fraction of sp³-hybridized carbons (Fsp3) is 0.308. The number of fused-ring (bicyclic) bond motifs is 1. The fourth-order valence-corrected chi connectivity index (χ4v) is 2.33.